The molecular formula is C26H27N5O3S. The molecule has 0 saturated carbocycles. The van der Waals surface area contributed by atoms with E-state index in [0.29, 0.717) is 19.6 Å². The molecule has 35 heavy (non-hydrogen) atoms. The standard InChI is InChI=1S/C26H27N5O3S/c1-3-30(4-2)35(33,34)22-13-9-20(10-14-22)12-16-26(32)28-18-21-11-15-25(27-17-21)31-19-29-23-7-5-6-8-24(23)31/h5-17,19H,3-4,18H2,1-2H3,(H,28,32)/b16-12+. The quantitative estimate of drug-likeness (QED) is 0.361. The Balaban J connectivity index is 1.34. The Morgan fingerprint density at radius 3 is 2.43 bits per heavy atom. The molecule has 2 aromatic heterocycles. The van der Waals surface area contributed by atoms with Gasteiger partial charge in [0.05, 0.1) is 15.9 Å². The maximum atomic E-state index is 12.6. The molecule has 0 radical (unpaired) electrons. The minimum Gasteiger partial charge on any atom is -0.348 e. The van der Waals surface area contributed by atoms with E-state index >= 15 is 0 Å². The van der Waals surface area contributed by atoms with Gasteiger partial charge in [-0.15, -0.1) is 0 Å². The molecule has 0 bridgehead atoms. The number of fused-ring (bicyclic) bond motifs is 1. The summed E-state index contributed by atoms with van der Waals surface area (Å²) >= 11 is 0. The number of nitrogens with one attached hydrogen (secondary N) is 1. The van der Waals surface area contributed by atoms with Crippen molar-refractivity contribution in [2.75, 3.05) is 13.1 Å². The summed E-state index contributed by atoms with van der Waals surface area (Å²) < 4.78 is 28.5. The van der Waals surface area contributed by atoms with E-state index in [1.165, 1.54) is 10.4 Å². The van der Waals surface area contributed by atoms with E-state index < -0.39 is 10.0 Å². The summed E-state index contributed by atoms with van der Waals surface area (Å²) in [6.07, 6.45) is 6.54. The van der Waals surface area contributed by atoms with Crippen LogP contribution in [0.15, 0.2) is 84.2 Å². The normalized spacial score (nSPS) is 12.0. The van der Waals surface area contributed by atoms with Crippen LogP contribution >= 0.6 is 0 Å². The van der Waals surface area contributed by atoms with Crippen molar-refractivity contribution in [3.8, 4) is 5.82 Å². The van der Waals surface area contributed by atoms with E-state index in [9.17, 15) is 13.2 Å². The molecule has 4 rings (SSSR count). The number of carbonyl (C=O) groups excluding carboxylic acids is 1. The van der Waals surface area contributed by atoms with Crippen molar-refractivity contribution in [3.63, 3.8) is 0 Å². The van der Waals surface area contributed by atoms with Crippen molar-refractivity contribution in [2.24, 2.45) is 0 Å². The minimum absolute atomic E-state index is 0.238. The molecule has 0 fully saturated rings. The molecule has 1 amide bonds. The molecule has 0 spiro atoms. The molecule has 0 aliphatic rings. The van der Waals surface area contributed by atoms with Crippen molar-refractivity contribution in [3.05, 3.63) is 90.4 Å². The lowest BCUT2D eigenvalue weighted by Crippen LogP contribution is -2.30. The maximum absolute atomic E-state index is 12.6. The van der Waals surface area contributed by atoms with Crippen LogP contribution in [0.4, 0.5) is 0 Å². The zero-order valence-electron chi connectivity index (χ0n) is 19.6. The molecule has 0 atom stereocenters. The monoisotopic (exact) mass is 489 g/mol. The predicted octanol–water partition coefficient (Wildman–Crippen LogP) is 3.78. The molecule has 2 aromatic carbocycles. The third-order valence-electron chi connectivity index (χ3n) is 5.63. The van der Waals surface area contributed by atoms with Gasteiger partial charge in [0.1, 0.15) is 12.1 Å². The van der Waals surface area contributed by atoms with Crippen LogP contribution in [-0.2, 0) is 21.4 Å². The fourth-order valence-corrected chi connectivity index (χ4v) is 5.15. The molecule has 2 heterocycles. The first-order valence-electron chi connectivity index (χ1n) is 11.4. The molecule has 9 heteroatoms. The molecule has 180 valence electrons. The summed E-state index contributed by atoms with van der Waals surface area (Å²) in [5.74, 6) is 0.495. The van der Waals surface area contributed by atoms with Crippen LogP contribution in [0.5, 0.6) is 0 Å². The molecule has 8 nitrogen and oxygen atoms in total. The Hall–Kier alpha value is -3.82. The molecule has 0 unspecified atom stereocenters. The van der Waals surface area contributed by atoms with Crippen molar-refractivity contribution in [2.45, 2.75) is 25.3 Å². The number of hydrogen-bond acceptors (Lipinski definition) is 5. The highest BCUT2D eigenvalue weighted by Gasteiger charge is 2.20. The highest BCUT2D eigenvalue weighted by Crippen LogP contribution is 2.18. The number of pyridine rings is 1. The van der Waals surface area contributed by atoms with Gasteiger partial charge in [0.15, 0.2) is 0 Å². The van der Waals surface area contributed by atoms with E-state index in [0.717, 1.165) is 28.0 Å². The fraction of sp³-hybridized carbons (Fsp3) is 0.192. The summed E-state index contributed by atoms with van der Waals surface area (Å²) in [6.45, 7) is 4.78. The average Bonchev–Trinajstić information content (AvgIpc) is 3.31. The van der Waals surface area contributed by atoms with E-state index in [1.54, 1.807) is 42.9 Å². The van der Waals surface area contributed by atoms with Crippen molar-refractivity contribution in [1.82, 2.24) is 24.2 Å². The average molecular weight is 490 g/mol. The Morgan fingerprint density at radius 1 is 1.00 bits per heavy atom. The minimum atomic E-state index is -3.50. The first kappa shape index (κ1) is 24.3. The van der Waals surface area contributed by atoms with Gasteiger partial charge in [0, 0.05) is 31.9 Å². The summed E-state index contributed by atoms with van der Waals surface area (Å²) in [5.41, 5.74) is 3.48. The Labute approximate surface area is 205 Å². The van der Waals surface area contributed by atoms with Crippen LogP contribution in [0.2, 0.25) is 0 Å². The van der Waals surface area contributed by atoms with Crippen molar-refractivity contribution in [1.29, 1.82) is 0 Å². The Bertz CT molecular complexity index is 1440. The van der Waals surface area contributed by atoms with Crippen LogP contribution in [0.3, 0.4) is 0 Å². The molecule has 4 aromatic rings. The molecule has 0 aliphatic heterocycles. The third-order valence-corrected chi connectivity index (χ3v) is 7.69. The zero-order chi connectivity index (χ0) is 24.8. The number of carbonyl (C=O) groups is 1. The second kappa shape index (κ2) is 10.6. The van der Waals surface area contributed by atoms with E-state index in [4.69, 9.17) is 0 Å². The number of imidazole rings is 1. The number of amides is 1. The summed E-state index contributed by atoms with van der Waals surface area (Å²) in [4.78, 5) is 21.4. The summed E-state index contributed by atoms with van der Waals surface area (Å²) in [6, 6.07) is 18.1. The van der Waals surface area contributed by atoms with Crippen molar-refractivity contribution < 1.29 is 13.2 Å². The van der Waals surface area contributed by atoms with E-state index in [-0.39, 0.29) is 10.8 Å². The van der Waals surface area contributed by atoms with Crippen LogP contribution in [0.1, 0.15) is 25.0 Å². The van der Waals surface area contributed by atoms with Gasteiger partial charge in [-0.3, -0.25) is 9.36 Å². The smallest absolute Gasteiger partial charge is 0.244 e. The maximum Gasteiger partial charge on any atom is 0.244 e. The fourth-order valence-electron chi connectivity index (χ4n) is 3.69. The molecule has 1 N–H and O–H groups in total. The van der Waals surface area contributed by atoms with Gasteiger partial charge in [-0.05, 0) is 47.5 Å². The third kappa shape index (κ3) is 5.47. The van der Waals surface area contributed by atoms with Gasteiger partial charge in [0.25, 0.3) is 0 Å². The van der Waals surface area contributed by atoms with E-state index in [2.05, 4.69) is 15.3 Å². The van der Waals surface area contributed by atoms with Gasteiger partial charge in [-0.1, -0.05) is 44.2 Å². The van der Waals surface area contributed by atoms with Gasteiger partial charge >= 0.3 is 0 Å². The lowest BCUT2D eigenvalue weighted by molar-refractivity contribution is -0.116. The van der Waals surface area contributed by atoms with Crippen molar-refractivity contribution >= 4 is 33.0 Å². The highest BCUT2D eigenvalue weighted by atomic mass is 32.2. The number of aromatic nitrogens is 3. The second-order valence-electron chi connectivity index (χ2n) is 7.84. The largest absolute Gasteiger partial charge is 0.348 e. The van der Waals surface area contributed by atoms with Gasteiger partial charge < -0.3 is 5.32 Å². The molecule has 0 aliphatic carbocycles. The van der Waals surface area contributed by atoms with Gasteiger partial charge in [0.2, 0.25) is 15.9 Å². The Kier molecular flexibility index (Phi) is 7.38. The highest BCUT2D eigenvalue weighted by molar-refractivity contribution is 7.89. The number of rotatable bonds is 9. The number of hydrogen-bond donors (Lipinski definition) is 1. The number of nitrogens with zero attached hydrogens (tertiary/aromatic N) is 4. The van der Waals surface area contributed by atoms with Crippen LogP contribution in [-0.4, -0.2) is 46.3 Å². The lowest BCUT2D eigenvalue weighted by Gasteiger charge is -2.18. The predicted molar refractivity (Wildman–Crippen MR) is 136 cm³/mol. The van der Waals surface area contributed by atoms with Crippen LogP contribution < -0.4 is 5.32 Å². The molecule has 0 saturated heterocycles. The zero-order valence-corrected chi connectivity index (χ0v) is 20.4. The molecular weight excluding hydrogens is 462 g/mol. The van der Waals surface area contributed by atoms with Crippen LogP contribution in [0, 0.1) is 0 Å². The first-order valence-corrected chi connectivity index (χ1v) is 12.8. The Morgan fingerprint density at radius 2 is 1.74 bits per heavy atom. The van der Waals surface area contributed by atoms with Crippen LogP contribution in [0.25, 0.3) is 22.9 Å². The number of benzene rings is 2. The number of sulfonamides is 1. The van der Waals surface area contributed by atoms with E-state index in [1.807, 2.05) is 54.8 Å². The topological polar surface area (TPSA) is 97.2 Å². The lowest BCUT2D eigenvalue weighted by atomic mass is 10.2. The van der Waals surface area contributed by atoms with Gasteiger partial charge in [-0.25, -0.2) is 18.4 Å². The van der Waals surface area contributed by atoms with Gasteiger partial charge in [-0.2, -0.15) is 4.31 Å². The SMILES string of the molecule is CCN(CC)S(=O)(=O)c1ccc(/C=C/C(=O)NCc2ccc(-n3cnc4ccccc43)nc2)cc1. The summed E-state index contributed by atoms with van der Waals surface area (Å²) in [5, 5.41) is 2.83. The second-order valence-corrected chi connectivity index (χ2v) is 9.78. The first-order chi connectivity index (χ1) is 16.9. The summed E-state index contributed by atoms with van der Waals surface area (Å²) in [7, 11) is -3.50. The number of para-hydroxylation sites is 2.